The first kappa shape index (κ1) is 22.4. The van der Waals surface area contributed by atoms with Gasteiger partial charge in [0.1, 0.15) is 5.75 Å². The lowest BCUT2D eigenvalue weighted by Crippen LogP contribution is -2.14. The molecular formula is C20H20N4O5S2. The molecule has 0 fully saturated rings. The van der Waals surface area contributed by atoms with Crippen molar-refractivity contribution in [2.75, 3.05) is 37.7 Å². The number of rotatable bonds is 9. The van der Waals surface area contributed by atoms with Crippen LogP contribution >= 0.6 is 23.1 Å². The number of benzene rings is 2. The lowest BCUT2D eigenvalue weighted by Gasteiger charge is -2.09. The summed E-state index contributed by atoms with van der Waals surface area (Å²) in [5.41, 5.74) is 0.981. The molecule has 11 heteroatoms. The van der Waals surface area contributed by atoms with Crippen molar-refractivity contribution in [1.82, 2.24) is 10.2 Å². The van der Waals surface area contributed by atoms with Gasteiger partial charge in [-0.25, -0.2) is 0 Å². The molecule has 162 valence electrons. The Kier molecular flexibility index (Phi) is 7.68. The van der Waals surface area contributed by atoms with Gasteiger partial charge in [0.15, 0.2) is 15.8 Å². The van der Waals surface area contributed by atoms with E-state index >= 15 is 0 Å². The van der Waals surface area contributed by atoms with Crippen LogP contribution in [-0.2, 0) is 4.79 Å². The fourth-order valence-electron chi connectivity index (χ4n) is 2.53. The lowest BCUT2D eigenvalue weighted by molar-refractivity contribution is -0.113. The van der Waals surface area contributed by atoms with Gasteiger partial charge >= 0.3 is 0 Å². The number of hydrogen-bond acceptors (Lipinski definition) is 9. The van der Waals surface area contributed by atoms with Crippen molar-refractivity contribution in [3.8, 4) is 17.2 Å². The number of nitrogens with one attached hydrogen (secondary N) is 2. The zero-order valence-electron chi connectivity index (χ0n) is 17.0. The Hall–Kier alpha value is -3.31. The second-order valence-corrected chi connectivity index (χ2v) is 8.13. The molecule has 0 spiro atoms. The van der Waals surface area contributed by atoms with Crippen LogP contribution in [0.25, 0.3) is 0 Å². The Morgan fingerprint density at radius 1 is 0.935 bits per heavy atom. The predicted octanol–water partition coefficient (Wildman–Crippen LogP) is 3.55. The maximum absolute atomic E-state index is 12.5. The van der Waals surface area contributed by atoms with Gasteiger partial charge in [0.25, 0.3) is 5.91 Å². The molecular weight excluding hydrogens is 440 g/mol. The highest BCUT2D eigenvalue weighted by Crippen LogP contribution is 2.29. The fourth-order valence-corrected chi connectivity index (χ4v) is 4.07. The van der Waals surface area contributed by atoms with Gasteiger partial charge in [0, 0.05) is 5.56 Å². The second-order valence-electron chi connectivity index (χ2n) is 5.93. The highest BCUT2D eigenvalue weighted by Gasteiger charge is 2.15. The van der Waals surface area contributed by atoms with Crippen LogP contribution < -0.4 is 24.8 Å². The number of carbonyl (C=O) groups excluding carboxylic acids is 2. The zero-order chi connectivity index (χ0) is 22.2. The molecule has 0 saturated heterocycles. The summed E-state index contributed by atoms with van der Waals surface area (Å²) < 4.78 is 16.2. The number of para-hydroxylation sites is 2. The standard InChI is InChI=1S/C20H20N4O5S2/c1-27-14-7-5-4-6-13(14)21-17(25)11-30-20-24-23-19(31-20)22-18(26)12-8-9-15(28-2)16(10-12)29-3/h4-10H,11H2,1-3H3,(H,21,25)(H,22,23,26). The Morgan fingerprint density at radius 3 is 2.42 bits per heavy atom. The monoisotopic (exact) mass is 460 g/mol. The lowest BCUT2D eigenvalue weighted by atomic mass is 10.2. The number of thioether (sulfide) groups is 1. The van der Waals surface area contributed by atoms with Crippen molar-refractivity contribution in [2.45, 2.75) is 4.34 Å². The molecule has 0 aliphatic carbocycles. The van der Waals surface area contributed by atoms with Crippen LogP contribution in [0.1, 0.15) is 10.4 Å². The Labute approximate surface area is 187 Å². The largest absolute Gasteiger partial charge is 0.495 e. The Morgan fingerprint density at radius 2 is 1.68 bits per heavy atom. The fraction of sp³-hybridized carbons (Fsp3) is 0.200. The van der Waals surface area contributed by atoms with Gasteiger partial charge in [0.2, 0.25) is 11.0 Å². The number of methoxy groups -OCH3 is 3. The van der Waals surface area contributed by atoms with Crippen molar-refractivity contribution in [2.24, 2.45) is 0 Å². The Bertz CT molecular complexity index is 1070. The van der Waals surface area contributed by atoms with Gasteiger partial charge in [-0.2, -0.15) is 0 Å². The van der Waals surface area contributed by atoms with E-state index in [2.05, 4.69) is 20.8 Å². The molecule has 3 rings (SSSR count). The third-order valence-corrected chi connectivity index (χ3v) is 5.95. The topological polar surface area (TPSA) is 112 Å². The van der Waals surface area contributed by atoms with Crippen LogP contribution in [0.4, 0.5) is 10.8 Å². The molecule has 2 aromatic carbocycles. The predicted molar refractivity (Wildman–Crippen MR) is 120 cm³/mol. The number of anilines is 2. The smallest absolute Gasteiger partial charge is 0.257 e. The molecule has 2 N–H and O–H groups in total. The first-order chi connectivity index (χ1) is 15.0. The summed E-state index contributed by atoms with van der Waals surface area (Å²) in [6, 6.07) is 12.0. The highest BCUT2D eigenvalue weighted by molar-refractivity contribution is 8.01. The number of nitrogens with zero attached hydrogens (tertiary/aromatic N) is 2. The summed E-state index contributed by atoms with van der Waals surface area (Å²) >= 11 is 2.40. The number of aromatic nitrogens is 2. The van der Waals surface area contributed by atoms with E-state index in [1.165, 1.54) is 37.3 Å². The van der Waals surface area contributed by atoms with E-state index in [0.29, 0.717) is 38.0 Å². The molecule has 0 bridgehead atoms. The first-order valence-electron chi connectivity index (χ1n) is 8.96. The third-order valence-electron chi connectivity index (χ3n) is 3.98. The zero-order valence-corrected chi connectivity index (χ0v) is 18.6. The van der Waals surface area contributed by atoms with Crippen LogP contribution in [0.2, 0.25) is 0 Å². The van der Waals surface area contributed by atoms with Crippen molar-refractivity contribution in [3.63, 3.8) is 0 Å². The van der Waals surface area contributed by atoms with Gasteiger partial charge in [-0.15, -0.1) is 10.2 Å². The Balaban J connectivity index is 1.55. The number of amides is 2. The highest BCUT2D eigenvalue weighted by atomic mass is 32.2. The van der Waals surface area contributed by atoms with Crippen molar-refractivity contribution in [3.05, 3.63) is 48.0 Å². The van der Waals surface area contributed by atoms with E-state index in [0.717, 1.165) is 0 Å². The molecule has 0 saturated carbocycles. The van der Waals surface area contributed by atoms with Crippen LogP contribution in [-0.4, -0.2) is 49.1 Å². The summed E-state index contributed by atoms with van der Waals surface area (Å²) in [6.07, 6.45) is 0. The molecule has 31 heavy (non-hydrogen) atoms. The first-order valence-corrected chi connectivity index (χ1v) is 10.8. The number of hydrogen-bond donors (Lipinski definition) is 2. The minimum absolute atomic E-state index is 0.135. The molecule has 1 aromatic heterocycles. The van der Waals surface area contributed by atoms with Gasteiger partial charge in [-0.3, -0.25) is 14.9 Å². The molecule has 0 atom stereocenters. The van der Waals surface area contributed by atoms with Gasteiger partial charge in [-0.05, 0) is 30.3 Å². The molecule has 2 amide bonds. The minimum atomic E-state index is -0.359. The summed E-state index contributed by atoms with van der Waals surface area (Å²) in [4.78, 5) is 24.7. The van der Waals surface area contributed by atoms with Crippen molar-refractivity contribution in [1.29, 1.82) is 0 Å². The molecule has 0 aliphatic rings. The average molecular weight is 461 g/mol. The van der Waals surface area contributed by atoms with E-state index in [1.807, 2.05) is 12.1 Å². The van der Waals surface area contributed by atoms with E-state index in [4.69, 9.17) is 14.2 Å². The maximum atomic E-state index is 12.5. The van der Waals surface area contributed by atoms with Gasteiger partial charge in [-0.1, -0.05) is 35.2 Å². The van der Waals surface area contributed by atoms with E-state index < -0.39 is 0 Å². The van der Waals surface area contributed by atoms with Crippen molar-refractivity contribution < 1.29 is 23.8 Å². The third kappa shape index (κ3) is 5.86. The summed E-state index contributed by atoms with van der Waals surface area (Å²) in [6.45, 7) is 0. The van der Waals surface area contributed by atoms with Crippen LogP contribution in [0, 0.1) is 0 Å². The number of carbonyl (C=O) groups is 2. The average Bonchev–Trinajstić information content (AvgIpc) is 3.24. The molecule has 9 nitrogen and oxygen atoms in total. The molecule has 3 aromatic rings. The van der Waals surface area contributed by atoms with Crippen LogP contribution in [0.5, 0.6) is 17.2 Å². The minimum Gasteiger partial charge on any atom is -0.495 e. The van der Waals surface area contributed by atoms with E-state index in [1.54, 1.807) is 37.4 Å². The summed E-state index contributed by atoms with van der Waals surface area (Å²) in [7, 11) is 4.56. The maximum Gasteiger partial charge on any atom is 0.257 e. The summed E-state index contributed by atoms with van der Waals surface area (Å²) in [5.74, 6) is 1.13. The SMILES string of the molecule is COc1ccccc1NC(=O)CSc1nnc(NC(=O)c2ccc(OC)c(OC)c2)s1. The van der Waals surface area contributed by atoms with Gasteiger partial charge in [0.05, 0.1) is 32.8 Å². The van der Waals surface area contributed by atoms with Gasteiger partial charge < -0.3 is 19.5 Å². The second kappa shape index (κ2) is 10.6. The molecule has 0 radical (unpaired) electrons. The molecule has 0 unspecified atom stereocenters. The normalized spacial score (nSPS) is 10.3. The summed E-state index contributed by atoms with van der Waals surface area (Å²) in [5, 5.41) is 13.8. The quantitative estimate of drug-likeness (QED) is 0.368. The van der Waals surface area contributed by atoms with Crippen molar-refractivity contribution >= 4 is 45.7 Å². The van der Waals surface area contributed by atoms with Crippen LogP contribution in [0.15, 0.2) is 46.8 Å². The van der Waals surface area contributed by atoms with Crippen LogP contribution in [0.3, 0.4) is 0 Å². The molecule has 0 aliphatic heterocycles. The van der Waals surface area contributed by atoms with E-state index in [-0.39, 0.29) is 17.6 Å². The number of ether oxygens (including phenoxy) is 3. The molecule has 1 heterocycles. The van der Waals surface area contributed by atoms with E-state index in [9.17, 15) is 9.59 Å².